The molecule has 3 aromatic heterocycles. The number of nitrogens with zero attached hydrogens (tertiary/aromatic N) is 5. The minimum Gasteiger partial charge on any atom is -0.398 e. The number of piperidine rings is 1. The van der Waals surface area contributed by atoms with Gasteiger partial charge in [0.2, 0.25) is 0 Å². The molecule has 1 fully saturated rings. The third-order valence-electron chi connectivity index (χ3n) is 6.34. The first-order valence-corrected chi connectivity index (χ1v) is 11.7. The number of nitrogen functional groups attached to an aromatic ring is 1. The second-order valence-corrected chi connectivity index (χ2v) is 9.40. The molecule has 9 heteroatoms. The van der Waals surface area contributed by atoms with Crippen molar-refractivity contribution in [1.82, 2.24) is 24.7 Å². The molecule has 7 nitrogen and oxygen atoms in total. The molecular formula is C24H24FN7S. The van der Waals surface area contributed by atoms with Gasteiger partial charge in [-0.1, -0.05) is 11.8 Å². The Morgan fingerprint density at radius 2 is 1.97 bits per heavy atom. The third kappa shape index (κ3) is 3.75. The summed E-state index contributed by atoms with van der Waals surface area (Å²) in [5.41, 5.74) is 11.3. The Labute approximate surface area is 195 Å². The van der Waals surface area contributed by atoms with E-state index in [4.69, 9.17) is 10.8 Å². The van der Waals surface area contributed by atoms with Crippen molar-refractivity contribution >= 4 is 23.0 Å². The van der Waals surface area contributed by atoms with Gasteiger partial charge in [0.1, 0.15) is 11.9 Å². The highest BCUT2D eigenvalue weighted by Crippen LogP contribution is 2.40. The van der Waals surface area contributed by atoms with Crippen molar-refractivity contribution in [2.45, 2.75) is 42.5 Å². The summed E-state index contributed by atoms with van der Waals surface area (Å²) in [7, 11) is 0. The molecule has 0 unspecified atom stereocenters. The molecule has 4 heterocycles. The smallest absolute Gasteiger partial charge is 0.128 e. The zero-order valence-corrected chi connectivity index (χ0v) is 19.3. The number of aromatic nitrogens is 4. The molecule has 3 N–H and O–H groups in total. The lowest BCUT2D eigenvalue weighted by Crippen LogP contribution is -2.30. The molecule has 1 aliphatic rings. The topological polar surface area (TPSA) is 97.0 Å². The lowest BCUT2D eigenvalue weighted by molar-refractivity contribution is 0.338. The molecule has 33 heavy (non-hydrogen) atoms. The molecule has 0 bridgehead atoms. The summed E-state index contributed by atoms with van der Waals surface area (Å²) >= 11 is 1.41. The van der Waals surface area contributed by atoms with Crippen molar-refractivity contribution in [2.75, 3.05) is 18.8 Å². The van der Waals surface area contributed by atoms with Crippen LogP contribution in [0.25, 0.3) is 16.6 Å². The van der Waals surface area contributed by atoms with Crippen molar-refractivity contribution in [3.63, 3.8) is 0 Å². The Morgan fingerprint density at radius 3 is 2.73 bits per heavy atom. The van der Waals surface area contributed by atoms with Crippen LogP contribution in [0, 0.1) is 31.0 Å². The van der Waals surface area contributed by atoms with Crippen LogP contribution < -0.4 is 11.1 Å². The zero-order valence-electron chi connectivity index (χ0n) is 18.5. The van der Waals surface area contributed by atoms with Gasteiger partial charge in [0, 0.05) is 38.4 Å². The zero-order chi connectivity index (χ0) is 23.1. The lowest BCUT2D eigenvalue weighted by atomic mass is 10.1. The molecule has 168 valence electrons. The number of nitriles is 1. The molecule has 0 saturated carbocycles. The molecular weight excluding hydrogens is 437 g/mol. The Balaban J connectivity index is 1.62. The van der Waals surface area contributed by atoms with E-state index in [-0.39, 0.29) is 5.82 Å². The van der Waals surface area contributed by atoms with Gasteiger partial charge in [0.25, 0.3) is 0 Å². The summed E-state index contributed by atoms with van der Waals surface area (Å²) in [6.45, 7) is 5.74. The molecule has 1 aliphatic heterocycles. The number of anilines is 1. The van der Waals surface area contributed by atoms with Crippen LogP contribution >= 0.6 is 11.8 Å². The maximum Gasteiger partial charge on any atom is 0.128 e. The largest absolute Gasteiger partial charge is 0.398 e. The van der Waals surface area contributed by atoms with Crippen LogP contribution in [-0.2, 0) is 0 Å². The Kier molecular flexibility index (Phi) is 5.56. The van der Waals surface area contributed by atoms with E-state index in [1.165, 1.54) is 17.8 Å². The maximum atomic E-state index is 13.9. The molecule has 0 radical (unpaired) electrons. The van der Waals surface area contributed by atoms with Crippen LogP contribution in [0.15, 0.2) is 46.6 Å². The lowest BCUT2D eigenvalue weighted by Gasteiger charge is -2.24. The van der Waals surface area contributed by atoms with Gasteiger partial charge >= 0.3 is 0 Å². The van der Waals surface area contributed by atoms with Gasteiger partial charge < -0.3 is 11.1 Å². The van der Waals surface area contributed by atoms with E-state index in [1.54, 1.807) is 23.7 Å². The standard InChI is InChI=1S/C24H24FN7S/c1-14-20(25)3-4-21(23(14)27)33-22-9-16(13-31-24(22)17(10-26)11-29-31)19-12-30-32(15(19)2)18-5-7-28-8-6-18/h3-4,9,11-13,18,28H,5-8,27H2,1-2H3. The summed E-state index contributed by atoms with van der Waals surface area (Å²) in [6, 6.07) is 7.74. The Morgan fingerprint density at radius 1 is 1.18 bits per heavy atom. The molecule has 0 spiro atoms. The summed E-state index contributed by atoms with van der Waals surface area (Å²) in [5.74, 6) is -0.334. The average molecular weight is 462 g/mol. The first-order chi connectivity index (χ1) is 16.0. The number of pyridine rings is 1. The summed E-state index contributed by atoms with van der Waals surface area (Å²) in [4.78, 5) is 1.56. The molecule has 4 aromatic rings. The van der Waals surface area contributed by atoms with E-state index in [0.29, 0.717) is 28.4 Å². The van der Waals surface area contributed by atoms with Gasteiger partial charge in [0.15, 0.2) is 0 Å². The monoisotopic (exact) mass is 461 g/mol. The molecule has 1 aromatic carbocycles. The van der Waals surface area contributed by atoms with Gasteiger partial charge in [-0.2, -0.15) is 15.5 Å². The fourth-order valence-electron chi connectivity index (χ4n) is 4.40. The molecule has 1 saturated heterocycles. The van der Waals surface area contributed by atoms with Crippen molar-refractivity contribution < 1.29 is 4.39 Å². The van der Waals surface area contributed by atoms with E-state index in [2.05, 4.69) is 28.1 Å². The number of hydrogen-bond donors (Lipinski definition) is 2. The van der Waals surface area contributed by atoms with Crippen LogP contribution in [0.2, 0.25) is 0 Å². The van der Waals surface area contributed by atoms with Crippen molar-refractivity contribution in [2.24, 2.45) is 0 Å². The van der Waals surface area contributed by atoms with Crippen LogP contribution in [0.5, 0.6) is 0 Å². The van der Waals surface area contributed by atoms with Crippen LogP contribution in [0.3, 0.4) is 0 Å². The summed E-state index contributed by atoms with van der Waals surface area (Å²) in [6.07, 6.45) is 7.49. The van der Waals surface area contributed by atoms with Gasteiger partial charge in [-0.15, -0.1) is 0 Å². The normalized spacial score (nSPS) is 14.6. The van der Waals surface area contributed by atoms with Crippen LogP contribution in [-0.4, -0.2) is 32.5 Å². The number of fused-ring (bicyclic) bond motifs is 1. The minimum atomic E-state index is -0.334. The average Bonchev–Trinajstić information content (AvgIpc) is 3.43. The number of benzene rings is 1. The molecule has 0 aliphatic carbocycles. The Bertz CT molecular complexity index is 1390. The van der Waals surface area contributed by atoms with E-state index < -0.39 is 0 Å². The number of rotatable bonds is 4. The molecule has 0 amide bonds. The Hall–Kier alpha value is -3.35. The first kappa shape index (κ1) is 21.5. The predicted octanol–water partition coefficient (Wildman–Crippen LogP) is 4.48. The third-order valence-corrected chi connectivity index (χ3v) is 7.44. The second-order valence-electron chi connectivity index (χ2n) is 8.31. The van der Waals surface area contributed by atoms with E-state index in [9.17, 15) is 9.65 Å². The number of hydrogen-bond acceptors (Lipinski definition) is 6. The predicted molar refractivity (Wildman–Crippen MR) is 127 cm³/mol. The maximum absolute atomic E-state index is 13.9. The molecule has 0 atom stereocenters. The van der Waals surface area contributed by atoms with E-state index >= 15 is 0 Å². The highest BCUT2D eigenvalue weighted by atomic mass is 32.2. The fraction of sp³-hybridized carbons (Fsp3) is 0.292. The van der Waals surface area contributed by atoms with E-state index in [0.717, 1.165) is 52.5 Å². The highest BCUT2D eigenvalue weighted by molar-refractivity contribution is 7.99. The van der Waals surface area contributed by atoms with Crippen LogP contribution in [0.1, 0.15) is 35.7 Å². The quantitative estimate of drug-likeness (QED) is 0.435. The summed E-state index contributed by atoms with van der Waals surface area (Å²) in [5, 5.41) is 22.1. The van der Waals surface area contributed by atoms with Gasteiger partial charge in [0.05, 0.1) is 35.2 Å². The van der Waals surface area contributed by atoms with Crippen molar-refractivity contribution in [1.29, 1.82) is 5.26 Å². The summed E-state index contributed by atoms with van der Waals surface area (Å²) < 4.78 is 17.8. The SMILES string of the molecule is Cc1c(F)ccc(Sc2cc(-c3cnn(C4CCNCC4)c3C)cn3ncc(C#N)c23)c1N. The number of halogens is 1. The molecule has 5 rings (SSSR count). The van der Waals surface area contributed by atoms with Gasteiger partial charge in [-0.3, -0.25) is 4.68 Å². The van der Waals surface area contributed by atoms with Crippen molar-refractivity contribution in [3.05, 3.63) is 59.4 Å². The fourth-order valence-corrected chi connectivity index (χ4v) is 5.52. The number of nitrogens with two attached hydrogens (primary N) is 1. The van der Waals surface area contributed by atoms with Gasteiger partial charge in [-0.25, -0.2) is 8.91 Å². The highest BCUT2D eigenvalue weighted by Gasteiger charge is 2.21. The van der Waals surface area contributed by atoms with E-state index in [1.807, 2.05) is 18.5 Å². The van der Waals surface area contributed by atoms with Gasteiger partial charge in [-0.05, 0) is 58.0 Å². The van der Waals surface area contributed by atoms with Crippen LogP contribution in [0.4, 0.5) is 10.1 Å². The first-order valence-electron chi connectivity index (χ1n) is 10.9. The number of nitrogens with one attached hydrogen (secondary N) is 1. The van der Waals surface area contributed by atoms with Crippen molar-refractivity contribution in [3.8, 4) is 17.2 Å². The minimum absolute atomic E-state index is 0.334. The second kappa shape index (κ2) is 8.54.